The van der Waals surface area contributed by atoms with Crippen LogP contribution in [-0.2, 0) is 0 Å². The van der Waals surface area contributed by atoms with Crippen molar-refractivity contribution in [2.45, 2.75) is 13.3 Å². The normalized spacial score (nSPS) is 10.1. The van der Waals surface area contributed by atoms with Crippen LogP contribution in [0.1, 0.15) is 22.5 Å². The van der Waals surface area contributed by atoms with Gasteiger partial charge in [-0.25, -0.2) is 0 Å². The predicted molar refractivity (Wildman–Crippen MR) is 54.2 cm³/mol. The summed E-state index contributed by atoms with van der Waals surface area (Å²) in [5, 5.41) is 12.4. The number of rotatable bonds is 5. The minimum Gasteiger partial charge on any atom is -0.352 e. The Morgan fingerprint density at radius 2 is 2.36 bits per heavy atom. The van der Waals surface area contributed by atoms with E-state index in [0.29, 0.717) is 12.1 Å². The van der Waals surface area contributed by atoms with Gasteiger partial charge in [-0.3, -0.25) is 9.89 Å². The highest BCUT2D eigenvalue weighted by Crippen LogP contribution is 2.01. The van der Waals surface area contributed by atoms with E-state index in [2.05, 4.69) is 20.8 Å². The van der Waals surface area contributed by atoms with Crippen LogP contribution in [0, 0.1) is 6.92 Å². The number of hydrogen-bond donors (Lipinski definition) is 3. The van der Waals surface area contributed by atoms with E-state index in [1.54, 1.807) is 6.20 Å². The maximum atomic E-state index is 11.5. The molecule has 0 spiro atoms. The second kappa shape index (κ2) is 5.39. The molecule has 1 amide bonds. The Balaban J connectivity index is 2.32. The van der Waals surface area contributed by atoms with Gasteiger partial charge >= 0.3 is 0 Å². The SMILES string of the molecule is CNCCCNC(=O)c1cn[nH]c1C. The number of nitrogens with one attached hydrogen (secondary N) is 3. The van der Waals surface area contributed by atoms with Crippen LogP contribution in [0.3, 0.4) is 0 Å². The Morgan fingerprint density at radius 3 is 2.93 bits per heavy atom. The molecule has 1 rings (SSSR count). The average molecular weight is 196 g/mol. The summed E-state index contributed by atoms with van der Waals surface area (Å²) in [6.45, 7) is 3.42. The Labute approximate surface area is 83.3 Å². The highest BCUT2D eigenvalue weighted by Gasteiger charge is 2.08. The summed E-state index contributed by atoms with van der Waals surface area (Å²) in [6, 6.07) is 0. The molecule has 1 aromatic heterocycles. The third-order valence-electron chi connectivity index (χ3n) is 1.96. The van der Waals surface area contributed by atoms with Gasteiger partial charge in [0.1, 0.15) is 0 Å². The van der Waals surface area contributed by atoms with Gasteiger partial charge in [0.2, 0.25) is 0 Å². The molecule has 0 aliphatic rings. The molecule has 14 heavy (non-hydrogen) atoms. The molecule has 0 bridgehead atoms. The molecular formula is C9H16N4O. The lowest BCUT2D eigenvalue weighted by Gasteiger charge is -2.03. The zero-order valence-corrected chi connectivity index (χ0v) is 8.55. The topological polar surface area (TPSA) is 69.8 Å². The first-order chi connectivity index (χ1) is 6.75. The molecular weight excluding hydrogens is 180 g/mol. The van der Waals surface area contributed by atoms with Crippen LogP contribution >= 0.6 is 0 Å². The second-order valence-electron chi connectivity index (χ2n) is 3.12. The maximum Gasteiger partial charge on any atom is 0.254 e. The molecule has 5 heteroatoms. The number of nitrogens with zero attached hydrogens (tertiary/aromatic N) is 1. The van der Waals surface area contributed by atoms with E-state index >= 15 is 0 Å². The number of aromatic nitrogens is 2. The van der Waals surface area contributed by atoms with E-state index in [1.165, 1.54) is 0 Å². The Kier molecular flexibility index (Phi) is 4.12. The van der Waals surface area contributed by atoms with Gasteiger partial charge in [-0.05, 0) is 26.9 Å². The first kappa shape index (κ1) is 10.7. The number of carbonyl (C=O) groups excluding carboxylic acids is 1. The fraction of sp³-hybridized carbons (Fsp3) is 0.556. The summed E-state index contributed by atoms with van der Waals surface area (Å²) in [6.07, 6.45) is 2.47. The first-order valence-electron chi connectivity index (χ1n) is 4.68. The minimum atomic E-state index is -0.0626. The van der Waals surface area contributed by atoms with E-state index in [0.717, 1.165) is 18.7 Å². The van der Waals surface area contributed by atoms with Crippen molar-refractivity contribution in [3.05, 3.63) is 17.5 Å². The number of hydrogen-bond acceptors (Lipinski definition) is 3. The smallest absolute Gasteiger partial charge is 0.254 e. The fourth-order valence-corrected chi connectivity index (χ4v) is 1.14. The maximum absolute atomic E-state index is 11.5. The summed E-state index contributed by atoms with van der Waals surface area (Å²) in [5.41, 5.74) is 1.42. The lowest BCUT2D eigenvalue weighted by atomic mass is 10.2. The van der Waals surface area contributed by atoms with Crippen molar-refractivity contribution in [3.63, 3.8) is 0 Å². The monoisotopic (exact) mass is 196 g/mol. The highest BCUT2D eigenvalue weighted by molar-refractivity contribution is 5.94. The van der Waals surface area contributed by atoms with Crippen molar-refractivity contribution in [1.29, 1.82) is 0 Å². The quantitative estimate of drug-likeness (QED) is 0.583. The molecule has 0 unspecified atom stereocenters. The largest absolute Gasteiger partial charge is 0.352 e. The van der Waals surface area contributed by atoms with Crippen molar-refractivity contribution in [3.8, 4) is 0 Å². The van der Waals surface area contributed by atoms with Gasteiger partial charge < -0.3 is 10.6 Å². The molecule has 5 nitrogen and oxygen atoms in total. The predicted octanol–water partition coefficient (Wildman–Crippen LogP) is 0.0574. The molecule has 0 aliphatic carbocycles. The van der Waals surface area contributed by atoms with E-state index in [-0.39, 0.29) is 5.91 Å². The second-order valence-corrected chi connectivity index (χ2v) is 3.12. The number of aryl methyl sites for hydroxylation is 1. The molecule has 0 saturated heterocycles. The zero-order chi connectivity index (χ0) is 10.4. The summed E-state index contributed by atoms with van der Waals surface area (Å²) in [4.78, 5) is 11.5. The molecule has 0 aliphatic heterocycles. The van der Waals surface area contributed by atoms with E-state index in [9.17, 15) is 4.79 Å². The molecule has 0 atom stereocenters. The van der Waals surface area contributed by atoms with Gasteiger partial charge in [-0.2, -0.15) is 5.10 Å². The highest BCUT2D eigenvalue weighted by atomic mass is 16.1. The van der Waals surface area contributed by atoms with E-state index in [4.69, 9.17) is 0 Å². The lowest BCUT2D eigenvalue weighted by molar-refractivity contribution is 0.0953. The minimum absolute atomic E-state index is 0.0626. The van der Waals surface area contributed by atoms with Gasteiger partial charge in [-0.1, -0.05) is 0 Å². The van der Waals surface area contributed by atoms with Crippen molar-refractivity contribution in [2.24, 2.45) is 0 Å². The number of H-pyrrole nitrogens is 1. The van der Waals surface area contributed by atoms with Crippen molar-refractivity contribution in [2.75, 3.05) is 20.1 Å². The van der Waals surface area contributed by atoms with Crippen LogP contribution in [0.4, 0.5) is 0 Å². The summed E-state index contributed by atoms with van der Waals surface area (Å²) >= 11 is 0. The number of carbonyl (C=O) groups is 1. The Morgan fingerprint density at radius 1 is 1.57 bits per heavy atom. The summed E-state index contributed by atoms with van der Waals surface area (Å²) < 4.78 is 0. The van der Waals surface area contributed by atoms with Crippen LogP contribution in [0.15, 0.2) is 6.20 Å². The van der Waals surface area contributed by atoms with Crippen molar-refractivity contribution in [1.82, 2.24) is 20.8 Å². The van der Waals surface area contributed by atoms with Gasteiger partial charge in [0.05, 0.1) is 11.8 Å². The Bertz CT molecular complexity index is 295. The summed E-state index contributed by atoms with van der Waals surface area (Å²) in [7, 11) is 1.89. The van der Waals surface area contributed by atoms with Gasteiger partial charge in [0, 0.05) is 12.2 Å². The van der Waals surface area contributed by atoms with Gasteiger partial charge in [0.15, 0.2) is 0 Å². The average Bonchev–Trinajstić information content (AvgIpc) is 2.59. The lowest BCUT2D eigenvalue weighted by Crippen LogP contribution is -2.26. The fourth-order valence-electron chi connectivity index (χ4n) is 1.14. The third kappa shape index (κ3) is 2.85. The third-order valence-corrected chi connectivity index (χ3v) is 1.96. The number of amides is 1. The molecule has 0 fully saturated rings. The van der Waals surface area contributed by atoms with Crippen molar-refractivity contribution >= 4 is 5.91 Å². The molecule has 0 aromatic carbocycles. The molecule has 1 heterocycles. The van der Waals surface area contributed by atoms with Crippen LogP contribution < -0.4 is 10.6 Å². The molecule has 0 saturated carbocycles. The molecule has 78 valence electrons. The standard InChI is InChI=1S/C9H16N4O/c1-7-8(6-12-13-7)9(14)11-5-3-4-10-2/h6,10H,3-5H2,1-2H3,(H,11,14)(H,12,13). The molecule has 0 radical (unpaired) electrons. The molecule has 1 aromatic rings. The first-order valence-corrected chi connectivity index (χ1v) is 4.68. The van der Waals surface area contributed by atoms with Crippen LogP contribution in [-0.4, -0.2) is 36.2 Å². The molecule has 3 N–H and O–H groups in total. The van der Waals surface area contributed by atoms with Crippen LogP contribution in [0.25, 0.3) is 0 Å². The van der Waals surface area contributed by atoms with Gasteiger partial charge in [0.25, 0.3) is 5.91 Å². The van der Waals surface area contributed by atoms with Crippen LogP contribution in [0.5, 0.6) is 0 Å². The Hall–Kier alpha value is -1.36. The van der Waals surface area contributed by atoms with Crippen LogP contribution in [0.2, 0.25) is 0 Å². The van der Waals surface area contributed by atoms with Gasteiger partial charge in [-0.15, -0.1) is 0 Å². The number of aromatic amines is 1. The van der Waals surface area contributed by atoms with E-state index < -0.39 is 0 Å². The zero-order valence-electron chi connectivity index (χ0n) is 8.55. The van der Waals surface area contributed by atoms with E-state index in [1.807, 2.05) is 14.0 Å². The summed E-state index contributed by atoms with van der Waals surface area (Å²) in [5.74, 6) is -0.0626. The van der Waals surface area contributed by atoms with Crippen molar-refractivity contribution < 1.29 is 4.79 Å².